The fourth-order valence-electron chi connectivity index (χ4n) is 2.98. The van der Waals surface area contributed by atoms with Crippen molar-refractivity contribution in [3.63, 3.8) is 0 Å². The zero-order valence-corrected chi connectivity index (χ0v) is 14.6. The minimum absolute atomic E-state index is 0.648. The quantitative estimate of drug-likeness (QED) is 0.630. The van der Waals surface area contributed by atoms with E-state index < -0.39 is 8.07 Å². The SMILES string of the molecule is CN1c2nccc(C=O)c2N(C)c2c([Si](C)(C)C)ccnc21. The molecule has 2 aromatic rings. The topological polar surface area (TPSA) is 49.3 Å². The van der Waals surface area contributed by atoms with E-state index >= 15 is 0 Å². The van der Waals surface area contributed by atoms with E-state index in [9.17, 15) is 4.79 Å². The number of hydrogen-bond donors (Lipinski definition) is 0. The summed E-state index contributed by atoms with van der Waals surface area (Å²) in [6, 6.07) is 3.86. The largest absolute Gasteiger partial charge is 0.338 e. The van der Waals surface area contributed by atoms with Crippen LogP contribution in [0.3, 0.4) is 0 Å². The van der Waals surface area contributed by atoms with Gasteiger partial charge in [0.2, 0.25) is 0 Å². The van der Waals surface area contributed by atoms with Gasteiger partial charge in [-0.15, -0.1) is 0 Å². The van der Waals surface area contributed by atoms with Gasteiger partial charge in [-0.3, -0.25) is 4.79 Å². The number of carbonyl (C=O) groups is 1. The average Bonchev–Trinajstić information content (AvgIpc) is 2.50. The molecule has 114 valence electrons. The minimum Gasteiger partial charge on any atom is -0.338 e. The Hall–Kier alpha value is -2.21. The second kappa shape index (κ2) is 4.91. The van der Waals surface area contributed by atoms with Gasteiger partial charge < -0.3 is 9.80 Å². The predicted molar refractivity (Wildman–Crippen MR) is 93.0 cm³/mol. The molecule has 0 atom stereocenters. The Morgan fingerprint density at radius 3 is 2.14 bits per heavy atom. The van der Waals surface area contributed by atoms with Crippen molar-refractivity contribution in [1.29, 1.82) is 0 Å². The van der Waals surface area contributed by atoms with Gasteiger partial charge >= 0.3 is 0 Å². The fraction of sp³-hybridized carbons (Fsp3) is 0.312. The summed E-state index contributed by atoms with van der Waals surface area (Å²) in [7, 11) is 2.39. The molecule has 0 fully saturated rings. The summed E-state index contributed by atoms with van der Waals surface area (Å²) in [4.78, 5) is 24.5. The summed E-state index contributed by atoms with van der Waals surface area (Å²) in [5.74, 6) is 1.66. The van der Waals surface area contributed by atoms with Gasteiger partial charge in [-0.1, -0.05) is 19.6 Å². The lowest BCUT2D eigenvalue weighted by Gasteiger charge is -2.38. The third kappa shape index (κ3) is 2.02. The number of pyridine rings is 2. The molecule has 0 radical (unpaired) electrons. The van der Waals surface area contributed by atoms with Gasteiger partial charge in [-0.2, -0.15) is 0 Å². The Kier molecular flexibility index (Phi) is 3.28. The maximum atomic E-state index is 11.4. The van der Waals surface area contributed by atoms with Crippen molar-refractivity contribution in [2.75, 3.05) is 23.9 Å². The molecule has 0 bridgehead atoms. The van der Waals surface area contributed by atoms with Crippen LogP contribution in [0, 0.1) is 0 Å². The highest BCUT2D eigenvalue weighted by Crippen LogP contribution is 2.44. The maximum Gasteiger partial charge on any atom is 0.158 e. The summed E-state index contributed by atoms with van der Waals surface area (Å²) in [5.41, 5.74) is 2.59. The zero-order valence-electron chi connectivity index (χ0n) is 13.6. The van der Waals surface area contributed by atoms with E-state index in [4.69, 9.17) is 0 Å². The van der Waals surface area contributed by atoms with Crippen LogP contribution in [0.1, 0.15) is 10.4 Å². The van der Waals surface area contributed by atoms with Crippen LogP contribution in [0.2, 0.25) is 19.6 Å². The van der Waals surface area contributed by atoms with Gasteiger partial charge in [0.15, 0.2) is 17.9 Å². The van der Waals surface area contributed by atoms with Crippen LogP contribution < -0.4 is 15.0 Å². The molecule has 0 unspecified atom stereocenters. The smallest absolute Gasteiger partial charge is 0.158 e. The van der Waals surface area contributed by atoms with Crippen LogP contribution in [-0.4, -0.2) is 38.4 Å². The van der Waals surface area contributed by atoms with Crippen LogP contribution in [0.15, 0.2) is 24.5 Å². The molecule has 1 aliphatic heterocycles. The predicted octanol–water partition coefficient (Wildman–Crippen LogP) is 2.68. The number of hydrogen-bond acceptors (Lipinski definition) is 5. The first kappa shape index (κ1) is 14.7. The van der Waals surface area contributed by atoms with E-state index in [2.05, 4.69) is 40.6 Å². The Morgan fingerprint density at radius 1 is 0.955 bits per heavy atom. The average molecular weight is 312 g/mol. The maximum absolute atomic E-state index is 11.4. The third-order valence-corrected chi connectivity index (χ3v) is 6.10. The number of carbonyl (C=O) groups excluding carboxylic acids is 1. The van der Waals surface area contributed by atoms with Gasteiger partial charge in [0.25, 0.3) is 0 Å². The summed E-state index contributed by atoms with van der Waals surface area (Å²) < 4.78 is 0. The number of aromatic nitrogens is 2. The van der Waals surface area contributed by atoms with E-state index in [0.717, 1.165) is 29.3 Å². The molecule has 0 saturated heterocycles. The normalized spacial score (nSPS) is 13.7. The van der Waals surface area contributed by atoms with Crippen LogP contribution in [0.5, 0.6) is 0 Å². The lowest BCUT2D eigenvalue weighted by molar-refractivity contribution is 0.112. The fourth-order valence-corrected chi connectivity index (χ4v) is 4.54. The van der Waals surface area contributed by atoms with E-state index in [-0.39, 0.29) is 0 Å². The molecule has 6 heteroatoms. The second-order valence-corrected chi connectivity index (χ2v) is 11.6. The molecule has 2 aromatic heterocycles. The zero-order chi connectivity index (χ0) is 16.1. The van der Waals surface area contributed by atoms with Crippen molar-refractivity contribution < 1.29 is 4.79 Å². The molecule has 3 heterocycles. The summed E-state index contributed by atoms with van der Waals surface area (Å²) in [6.45, 7) is 6.95. The summed E-state index contributed by atoms with van der Waals surface area (Å²) in [6.07, 6.45) is 4.42. The molecule has 3 rings (SSSR count). The summed E-state index contributed by atoms with van der Waals surface area (Å²) >= 11 is 0. The number of fused-ring (bicyclic) bond motifs is 2. The molecule has 0 N–H and O–H groups in total. The van der Waals surface area contributed by atoms with Crippen LogP contribution in [-0.2, 0) is 0 Å². The number of rotatable bonds is 2. The molecule has 0 saturated carbocycles. The molecule has 0 amide bonds. The van der Waals surface area contributed by atoms with Gasteiger partial charge in [0.05, 0.1) is 19.4 Å². The molecule has 0 aromatic carbocycles. The van der Waals surface area contributed by atoms with E-state index in [1.807, 2.05) is 25.2 Å². The highest BCUT2D eigenvalue weighted by atomic mass is 28.3. The van der Waals surface area contributed by atoms with Crippen molar-refractivity contribution >= 4 is 42.6 Å². The third-order valence-electron chi connectivity index (χ3n) is 4.08. The number of anilines is 4. The lowest BCUT2D eigenvalue weighted by Crippen LogP contribution is -2.43. The Morgan fingerprint density at radius 2 is 1.55 bits per heavy atom. The standard InChI is InChI=1S/C16H20N4OSi/c1-19-13-11(10-21)6-8-17-15(13)20(2)16-14(19)12(7-9-18-16)22(3,4)5/h6-10H,1-5H3. The molecule has 22 heavy (non-hydrogen) atoms. The van der Waals surface area contributed by atoms with E-state index in [1.165, 1.54) is 5.19 Å². The van der Waals surface area contributed by atoms with Crippen molar-refractivity contribution in [1.82, 2.24) is 9.97 Å². The first-order chi connectivity index (χ1) is 10.4. The molecule has 0 spiro atoms. The van der Waals surface area contributed by atoms with Crippen LogP contribution >= 0.6 is 0 Å². The molecular formula is C16H20N4OSi. The lowest BCUT2D eigenvalue weighted by atomic mass is 10.1. The van der Waals surface area contributed by atoms with Crippen molar-refractivity contribution in [2.45, 2.75) is 19.6 Å². The number of nitrogens with zero attached hydrogens (tertiary/aromatic N) is 4. The first-order valence-electron chi connectivity index (χ1n) is 7.27. The van der Waals surface area contributed by atoms with Crippen molar-refractivity contribution in [2.24, 2.45) is 0 Å². The van der Waals surface area contributed by atoms with Crippen molar-refractivity contribution in [3.8, 4) is 0 Å². The minimum atomic E-state index is -1.55. The highest BCUT2D eigenvalue weighted by molar-refractivity contribution is 6.90. The van der Waals surface area contributed by atoms with Gasteiger partial charge in [0.1, 0.15) is 0 Å². The van der Waals surface area contributed by atoms with Crippen molar-refractivity contribution in [3.05, 3.63) is 30.1 Å². The Balaban J connectivity index is 2.33. The van der Waals surface area contributed by atoms with Crippen LogP contribution in [0.25, 0.3) is 0 Å². The molecule has 0 aliphatic carbocycles. The van der Waals surface area contributed by atoms with Gasteiger partial charge in [-0.05, 0) is 17.3 Å². The monoisotopic (exact) mass is 312 g/mol. The first-order valence-corrected chi connectivity index (χ1v) is 10.8. The van der Waals surface area contributed by atoms with E-state index in [0.29, 0.717) is 5.56 Å². The van der Waals surface area contributed by atoms with E-state index in [1.54, 1.807) is 12.3 Å². The van der Waals surface area contributed by atoms with Crippen LogP contribution in [0.4, 0.5) is 23.0 Å². The second-order valence-electron chi connectivity index (χ2n) is 6.59. The molecule has 5 nitrogen and oxygen atoms in total. The number of aldehydes is 1. The highest BCUT2D eigenvalue weighted by Gasteiger charge is 2.33. The molecular weight excluding hydrogens is 292 g/mol. The van der Waals surface area contributed by atoms with Gasteiger partial charge in [-0.25, -0.2) is 9.97 Å². The molecule has 1 aliphatic rings. The summed E-state index contributed by atoms with van der Waals surface area (Å²) in [5, 5.41) is 1.33. The van der Waals surface area contributed by atoms with Gasteiger partial charge in [0, 0.05) is 32.1 Å². The Labute approximate surface area is 131 Å². The Bertz CT molecular complexity index is 754.